The van der Waals surface area contributed by atoms with Gasteiger partial charge in [0.15, 0.2) is 0 Å². The van der Waals surface area contributed by atoms with Gasteiger partial charge >= 0.3 is 6.03 Å². The summed E-state index contributed by atoms with van der Waals surface area (Å²) in [5.41, 5.74) is 1.12. The number of carbonyl (C=O) groups is 1. The SMILES string of the molecule is CCC(CO)NC(=O)NCC(c1cccc(Cl)c1)N1CCCC1. The molecule has 128 valence electrons. The second-order valence-corrected chi connectivity index (χ2v) is 6.39. The van der Waals surface area contributed by atoms with E-state index >= 15 is 0 Å². The van der Waals surface area contributed by atoms with Gasteiger partial charge in [0, 0.05) is 11.6 Å². The molecule has 0 bridgehead atoms. The molecule has 2 unspecified atom stereocenters. The van der Waals surface area contributed by atoms with Crippen LogP contribution < -0.4 is 10.6 Å². The van der Waals surface area contributed by atoms with Gasteiger partial charge in [0.05, 0.1) is 18.7 Å². The molecule has 2 rings (SSSR count). The van der Waals surface area contributed by atoms with Crippen molar-refractivity contribution in [2.45, 2.75) is 38.3 Å². The highest BCUT2D eigenvalue weighted by atomic mass is 35.5. The highest BCUT2D eigenvalue weighted by molar-refractivity contribution is 6.30. The number of hydrogen-bond donors (Lipinski definition) is 3. The maximum absolute atomic E-state index is 12.0. The second-order valence-electron chi connectivity index (χ2n) is 5.96. The van der Waals surface area contributed by atoms with E-state index < -0.39 is 0 Å². The predicted molar refractivity (Wildman–Crippen MR) is 92.7 cm³/mol. The topological polar surface area (TPSA) is 64.6 Å². The fourth-order valence-electron chi connectivity index (χ4n) is 2.93. The molecular weight excluding hydrogens is 314 g/mol. The van der Waals surface area contributed by atoms with Gasteiger partial charge < -0.3 is 15.7 Å². The van der Waals surface area contributed by atoms with Gasteiger partial charge in [-0.1, -0.05) is 30.7 Å². The molecule has 1 saturated heterocycles. The van der Waals surface area contributed by atoms with Crippen molar-refractivity contribution in [1.29, 1.82) is 0 Å². The molecule has 0 aromatic heterocycles. The van der Waals surface area contributed by atoms with Crippen LogP contribution >= 0.6 is 11.6 Å². The van der Waals surface area contributed by atoms with Crippen LogP contribution in [-0.2, 0) is 0 Å². The summed E-state index contributed by atoms with van der Waals surface area (Å²) in [6, 6.07) is 7.50. The normalized spacial score (nSPS) is 17.7. The third-order valence-corrected chi connectivity index (χ3v) is 4.55. The number of likely N-dealkylation sites (tertiary alicyclic amines) is 1. The number of carbonyl (C=O) groups excluding carboxylic acids is 1. The zero-order valence-electron chi connectivity index (χ0n) is 13.6. The fraction of sp³-hybridized carbons (Fsp3) is 0.588. The highest BCUT2D eigenvalue weighted by Crippen LogP contribution is 2.26. The number of rotatable bonds is 7. The van der Waals surface area contributed by atoms with Crippen LogP contribution in [0.15, 0.2) is 24.3 Å². The Hall–Kier alpha value is -1.30. The van der Waals surface area contributed by atoms with Crippen LogP contribution in [0.4, 0.5) is 4.79 Å². The van der Waals surface area contributed by atoms with Gasteiger partial charge in [-0.2, -0.15) is 0 Å². The molecule has 0 saturated carbocycles. The second kappa shape index (κ2) is 9.11. The Morgan fingerprint density at radius 2 is 2.13 bits per heavy atom. The number of halogens is 1. The Labute approximate surface area is 143 Å². The molecule has 0 spiro atoms. The molecule has 1 aromatic rings. The first-order valence-corrected chi connectivity index (χ1v) is 8.66. The number of aliphatic hydroxyl groups excluding tert-OH is 1. The molecule has 0 aliphatic carbocycles. The van der Waals surface area contributed by atoms with Crippen LogP contribution in [-0.4, -0.2) is 48.3 Å². The molecule has 1 aliphatic heterocycles. The zero-order chi connectivity index (χ0) is 16.7. The van der Waals surface area contributed by atoms with Crippen molar-refractivity contribution in [3.8, 4) is 0 Å². The van der Waals surface area contributed by atoms with Crippen molar-refractivity contribution < 1.29 is 9.90 Å². The first kappa shape index (κ1) is 18.0. The van der Waals surface area contributed by atoms with Crippen molar-refractivity contribution in [3.63, 3.8) is 0 Å². The molecule has 5 nitrogen and oxygen atoms in total. The van der Waals surface area contributed by atoms with Crippen molar-refractivity contribution in [2.24, 2.45) is 0 Å². The minimum absolute atomic E-state index is 0.0479. The van der Waals surface area contributed by atoms with E-state index in [0.29, 0.717) is 18.0 Å². The summed E-state index contributed by atoms with van der Waals surface area (Å²) in [4.78, 5) is 14.4. The van der Waals surface area contributed by atoms with Crippen molar-refractivity contribution in [1.82, 2.24) is 15.5 Å². The molecule has 6 heteroatoms. The number of nitrogens with zero attached hydrogens (tertiary/aromatic N) is 1. The van der Waals surface area contributed by atoms with Crippen molar-refractivity contribution >= 4 is 17.6 Å². The molecule has 0 radical (unpaired) electrons. The Morgan fingerprint density at radius 1 is 1.39 bits per heavy atom. The van der Waals surface area contributed by atoms with E-state index in [1.165, 1.54) is 12.8 Å². The van der Waals surface area contributed by atoms with Gasteiger partial charge in [-0.25, -0.2) is 4.79 Å². The van der Waals surface area contributed by atoms with Gasteiger partial charge in [0.2, 0.25) is 0 Å². The minimum Gasteiger partial charge on any atom is -0.394 e. The first-order valence-electron chi connectivity index (χ1n) is 8.28. The Balaban J connectivity index is 1.99. The molecule has 23 heavy (non-hydrogen) atoms. The molecule has 1 aromatic carbocycles. The summed E-state index contributed by atoms with van der Waals surface area (Å²) in [6.07, 6.45) is 3.07. The van der Waals surface area contributed by atoms with Crippen LogP contribution in [0.3, 0.4) is 0 Å². The Bertz CT molecular complexity index is 502. The third kappa shape index (κ3) is 5.37. The molecule has 1 fully saturated rings. The average Bonchev–Trinajstić information content (AvgIpc) is 3.07. The lowest BCUT2D eigenvalue weighted by Crippen LogP contribution is -2.46. The standard InChI is InChI=1S/C17H26ClN3O2/c1-2-15(12-22)20-17(23)19-11-16(21-8-3-4-9-21)13-6-5-7-14(18)10-13/h5-7,10,15-16,22H,2-4,8-9,11-12H2,1H3,(H2,19,20,23). The number of amides is 2. The molecule has 1 heterocycles. The van der Waals surface area contributed by atoms with E-state index in [0.717, 1.165) is 18.7 Å². The molecule has 1 aliphatic rings. The number of hydrogen-bond acceptors (Lipinski definition) is 3. The van der Waals surface area contributed by atoms with E-state index in [1.807, 2.05) is 25.1 Å². The molecular formula is C17H26ClN3O2. The summed E-state index contributed by atoms with van der Waals surface area (Å²) in [5.74, 6) is 0. The summed E-state index contributed by atoms with van der Waals surface area (Å²) in [6.45, 7) is 4.48. The zero-order valence-corrected chi connectivity index (χ0v) is 14.4. The van der Waals surface area contributed by atoms with Gasteiger partial charge in [0.25, 0.3) is 0 Å². The average molecular weight is 340 g/mol. The van der Waals surface area contributed by atoms with Gasteiger partial charge in [0.1, 0.15) is 0 Å². The summed E-state index contributed by atoms with van der Waals surface area (Å²) < 4.78 is 0. The lowest BCUT2D eigenvalue weighted by molar-refractivity contribution is 0.205. The quantitative estimate of drug-likeness (QED) is 0.715. The van der Waals surface area contributed by atoms with Gasteiger partial charge in [-0.15, -0.1) is 0 Å². The van der Waals surface area contributed by atoms with Crippen LogP contribution in [0, 0.1) is 0 Å². The van der Waals surface area contributed by atoms with Crippen LogP contribution in [0.25, 0.3) is 0 Å². The van der Waals surface area contributed by atoms with E-state index in [1.54, 1.807) is 0 Å². The fourth-order valence-corrected chi connectivity index (χ4v) is 3.13. The largest absolute Gasteiger partial charge is 0.394 e. The third-order valence-electron chi connectivity index (χ3n) is 4.32. The van der Waals surface area contributed by atoms with E-state index in [4.69, 9.17) is 16.7 Å². The maximum Gasteiger partial charge on any atom is 0.315 e. The lowest BCUT2D eigenvalue weighted by atomic mass is 10.1. The van der Waals surface area contributed by atoms with Gasteiger partial charge in [-0.3, -0.25) is 4.90 Å². The van der Waals surface area contributed by atoms with Crippen molar-refractivity contribution in [3.05, 3.63) is 34.9 Å². The number of urea groups is 1. The van der Waals surface area contributed by atoms with E-state index in [-0.39, 0.29) is 24.7 Å². The van der Waals surface area contributed by atoms with Crippen LogP contribution in [0.2, 0.25) is 5.02 Å². The van der Waals surface area contributed by atoms with E-state index in [9.17, 15) is 4.79 Å². The van der Waals surface area contributed by atoms with E-state index in [2.05, 4.69) is 21.6 Å². The lowest BCUT2D eigenvalue weighted by Gasteiger charge is -2.28. The maximum atomic E-state index is 12.0. The summed E-state index contributed by atoms with van der Waals surface area (Å²) in [5, 5.41) is 15.6. The molecule has 3 N–H and O–H groups in total. The summed E-state index contributed by atoms with van der Waals surface area (Å²) >= 11 is 6.12. The predicted octanol–water partition coefficient (Wildman–Crippen LogP) is 2.55. The van der Waals surface area contributed by atoms with Crippen molar-refractivity contribution in [2.75, 3.05) is 26.2 Å². The smallest absolute Gasteiger partial charge is 0.315 e. The Morgan fingerprint density at radius 3 is 2.74 bits per heavy atom. The first-order chi connectivity index (χ1) is 11.1. The summed E-state index contributed by atoms with van der Waals surface area (Å²) in [7, 11) is 0. The van der Waals surface area contributed by atoms with Gasteiger partial charge in [-0.05, 0) is 50.0 Å². The molecule has 2 amide bonds. The Kier molecular flexibility index (Phi) is 7.15. The molecule has 2 atom stereocenters. The number of nitrogens with one attached hydrogen (secondary N) is 2. The highest BCUT2D eigenvalue weighted by Gasteiger charge is 2.24. The number of benzene rings is 1. The minimum atomic E-state index is -0.239. The monoisotopic (exact) mass is 339 g/mol. The number of aliphatic hydroxyl groups is 1. The van der Waals surface area contributed by atoms with Crippen LogP contribution in [0.5, 0.6) is 0 Å². The van der Waals surface area contributed by atoms with Crippen LogP contribution in [0.1, 0.15) is 37.8 Å².